The molecule has 1 saturated heterocycles. The van der Waals surface area contributed by atoms with Gasteiger partial charge < -0.3 is 15.4 Å². The van der Waals surface area contributed by atoms with Crippen LogP contribution in [0.1, 0.15) is 11.6 Å². The number of methoxy groups -OCH3 is 1. The van der Waals surface area contributed by atoms with Crippen molar-refractivity contribution in [3.05, 3.63) is 29.8 Å². The van der Waals surface area contributed by atoms with E-state index in [1.807, 2.05) is 12.1 Å². The van der Waals surface area contributed by atoms with E-state index in [1.165, 1.54) is 0 Å². The monoisotopic (exact) mass is 261 g/mol. The molecule has 1 aliphatic heterocycles. The maximum Gasteiger partial charge on any atom is 0.245 e. The van der Waals surface area contributed by atoms with Crippen LogP contribution in [0.2, 0.25) is 0 Å². The number of carbonyl (C=O) groups excluding carboxylic acids is 1. The molecular formula is C12H11N3O2S. The van der Waals surface area contributed by atoms with E-state index >= 15 is 0 Å². The molecule has 92 valence electrons. The largest absolute Gasteiger partial charge is 0.497 e. The van der Waals surface area contributed by atoms with Crippen molar-refractivity contribution in [2.45, 2.75) is 6.04 Å². The predicted molar refractivity (Wildman–Crippen MR) is 68.7 cm³/mol. The highest BCUT2D eigenvalue weighted by molar-refractivity contribution is 7.80. The van der Waals surface area contributed by atoms with Gasteiger partial charge in [-0.25, -0.2) is 0 Å². The highest BCUT2D eigenvalue weighted by Gasteiger charge is 2.35. The van der Waals surface area contributed by atoms with Gasteiger partial charge in [0.15, 0.2) is 5.11 Å². The number of amides is 1. The van der Waals surface area contributed by atoms with Crippen molar-refractivity contribution in [2.24, 2.45) is 5.92 Å². The molecule has 1 aromatic rings. The smallest absolute Gasteiger partial charge is 0.245 e. The van der Waals surface area contributed by atoms with Crippen LogP contribution in [-0.4, -0.2) is 18.1 Å². The van der Waals surface area contributed by atoms with Crippen LogP contribution in [0.15, 0.2) is 24.3 Å². The summed E-state index contributed by atoms with van der Waals surface area (Å²) in [7, 11) is 1.56. The van der Waals surface area contributed by atoms with E-state index in [4.69, 9.17) is 22.2 Å². The van der Waals surface area contributed by atoms with Crippen LogP contribution in [0.4, 0.5) is 0 Å². The Morgan fingerprint density at radius 1 is 1.50 bits per heavy atom. The summed E-state index contributed by atoms with van der Waals surface area (Å²) in [5.74, 6) is -0.527. The average Bonchev–Trinajstić information content (AvgIpc) is 2.38. The summed E-state index contributed by atoms with van der Waals surface area (Å²) in [6.07, 6.45) is 0. The molecule has 0 saturated carbocycles. The normalized spacial score (nSPS) is 22.7. The lowest BCUT2D eigenvalue weighted by atomic mass is 9.92. The van der Waals surface area contributed by atoms with Gasteiger partial charge in [-0.05, 0) is 29.9 Å². The van der Waals surface area contributed by atoms with Crippen molar-refractivity contribution >= 4 is 23.2 Å². The summed E-state index contributed by atoms with van der Waals surface area (Å²) in [5.41, 5.74) is 0.790. The molecule has 1 heterocycles. The Morgan fingerprint density at radius 3 is 2.94 bits per heavy atom. The van der Waals surface area contributed by atoms with Crippen LogP contribution in [-0.2, 0) is 4.79 Å². The van der Waals surface area contributed by atoms with E-state index in [0.29, 0.717) is 5.75 Å². The average molecular weight is 261 g/mol. The quantitative estimate of drug-likeness (QED) is 0.773. The summed E-state index contributed by atoms with van der Waals surface area (Å²) in [4.78, 5) is 11.7. The molecule has 0 spiro atoms. The molecule has 0 aliphatic carbocycles. The third-order valence-corrected chi connectivity index (χ3v) is 2.95. The number of ether oxygens (including phenoxy) is 1. The van der Waals surface area contributed by atoms with Crippen LogP contribution in [0, 0.1) is 17.2 Å². The van der Waals surface area contributed by atoms with Crippen molar-refractivity contribution in [1.82, 2.24) is 10.6 Å². The molecule has 1 aromatic carbocycles. The fourth-order valence-electron chi connectivity index (χ4n) is 1.85. The van der Waals surface area contributed by atoms with Crippen LogP contribution < -0.4 is 15.4 Å². The first kappa shape index (κ1) is 12.3. The summed E-state index contributed by atoms with van der Waals surface area (Å²) in [6.45, 7) is 0. The molecule has 1 fully saturated rings. The van der Waals surface area contributed by atoms with Gasteiger partial charge in [0.05, 0.1) is 19.2 Å². The highest BCUT2D eigenvalue weighted by atomic mass is 32.1. The minimum Gasteiger partial charge on any atom is -0.497 e. The van der Waals surface area contributed by atoms with E-state index in [0.717, 1.165) is 5.56 Å². The lowest BCUT2D eigenvalue weighted by Gasteiger charge is -2.29. The summed E-state index contributed by atoms with van der Waals surface area (Å²) in [6, 6.07) is 8.74. The number of benzene rings is 1. The number of nitrogens with zero attached hydrogens (tertiary/aromatic N) is 1. The Hall–Kier alpha value is -2.13. The molecule has 6 heteroatoms. The van der Waals surface area contributed by atoms with Gasteiger partial charge in [0.2, 0.25) is 5.91 Å². The maximum atomic E-state index is 11.7. The lowest BCUT2D eigenvalue weighted by Crippen LogP contribution is -2.53. The number of hydrogen-bond acceptors (Lipinski definition) is 4. The summed E-state index contributed by atoms with van der Waals surface area (Å²) >= 11 is 4.94. The minimum atomic E-state index is -0.816. The van der Waals surface area contributed by atoms with Gasteiger partial charge in [-0.15, -0.1) is 0 Å². The molecule has 2 N–H and O–H groups in total. The van der Waals surface area contributed by atoms with E-state index in [-0.39, 0.29) is 11.0 Å². The van der Waals surface area contributed by atoms with Crippen molar-refractivity contribution < 1.29 is 9.53 Å². The Bertz CT molecular complexity index is 538. The topological polar surface area (TPSA) is 74.2 Å². The standard InChI is InChI=1S/C12H11N3O2S/c1-17-8-4-2-3-7(5-8)10-9(6-13)11(16)15-12(18)14-10/h2-5,9-10H,1H3,(H2,14,15,16,18)/t9-,10-/m0/s1. The van der Waals surface area contributed by atoms with Gasteiger partial charge in [0.1, 0.15) is 11.7 Å². The Morgan fingerprint density at radius 2 is 2.28 bits per heavy atom. The number of hydrogen-bond donors (Lipinski definition) is 2. The lowest BCUT2D eigenvalue weighted by molar-refractivity contribution is -0.123. The molecule has 18 heavy (non-hydrogen) atoms. The van der Waals surface area contributed by atoms with Crippen molar-refractivity contribution in [3.8, 4) is 11.8 Å². The van der Waals surface area contributed by atoms with Gasteiger partial charge >= 0.3 is 0 Å². The number of nitriles is 1. The zero-order chi connectivity index (χ0) is 13.1. The third kappa shape index (κ3) is 2.26. The molecule has 0 bridgehead atoms. The van der Waals surface area contributed by atoms with Crippen molar-refractivity contribution in [2.75, 3.05) is 7.11 Å². The van der Waals surface area contributed by atoms with Crippen LogP contribution in [0.25, 0.3) is 0 Å². The molecular weight excluding hydrogens is 250 g/mol. The van der Waals surface area contributed by atoms with Gasteiger partial charge in [0.25, 0.3) is 0 Å². The Balaban J connectivity index is 2.37. The van der Waals surface area contributed by atoms with E-state index in [1.54, 1.807) is 25.3 Å². The van der Waals surface area contributed by atoms with Gasteiger partial charge in [-0.2, -0.15) is 5.26 Å². The van der Waals surface area contributed by atoms with E-state index in [9.17, 15) is 4.79 Å². The number of rotatable bonds is 2. The van der Waals surface area contributed by atoms with Crippen molar-refractivity contribution in [3.63, 3.8) is 0 Å². The molecule has 1 aliphatic rings. The number of nitrogens with one attached hydrogen (secondary N) is 2. The van der Waals surface area contributed by atoms with Crippen LogP contribution >= 0.6 is 12.2 Å². The second-order valence-electron chi connectivity index (χ2n) is 3.82. The first-order valence-electron chi connectivity index (χ1n) is 5.30. The maximum absolute atomic E-state index is 11.7. The second kappa shape index (κ2) is 5.02. The first-order valence-corrected chi connectivity index (χ1v) is 5.71. The second-order valence-corrected chi connectivity index (χ2v) is 4.23. The zero-order valence-electron chi connectivity index (χ0n) is 9.64. The molecule has 1 amide bonds. The van der Waals surface area contributed by atoms with Gasteiger partial charge in [-0.1, -0.05) is 12.1 Å². The Labute approximate surface area is 110 Å². The van der Waals surface area contributed by atoms with Crippen LogP contribution in [0.5, 0.6) is 5.75 Å². The molecule has 2 rings (SSSR count). The molecule has 0 unspecified atom stereocenters. The Kier molecular flexibility index (Phi) is 3.44. The fraction of sp³-hybridized carbons (Fsp3) is 0.250. The number of carbonyl (C=O) groups is 1. The summed E-state index contributed by atoms with van der Waals surface area (Å²) < 4.78 is 5.12. The highest BCUT2D eigenvalue weighted by Crippen LogP contribution is 2.27. The van der Waals surface area contributed by atoms with Gasteiger partial charge in [-0.3, -0.25) is 4.79 Å². The van der Waals surface area contributed by atoms with Gasteiger partial charge in [0, 0.05) is 0 Å². The third-order valence-electron chi connectivity index (χ3n) is 2.73. The predicted octanol–water partition coefficient (Wildman–Crippen LogP) is 0.880. The molecule has 2 atom stereocenters. The fourth-order valence-corrected chi connectivity index (χ4v) is 2.07. The minimum absolute atomic E-state index is 0.235. The van der Waals surface area contributed by atoms with Crippen LogP contribution in [0.3, 0.4) is 0 Å². The molecule has 0 radical (unpaired) electrons. The van der Waals surface area contributed by atoms with E-state index in [2.05, 4.69) is 10.6 Å². The van der Waals surface area contributed by atoms with E-state index < -0.39 is 12.0 Å². The number of thiocarbonyl (C=S) groups is 1. The molecule has 0 aromatic heterocycles. The zero-order valence-corrected chi connectivity index (χ0v) is 10.5. The SMILES string of the molecule is COc1cccc([C@@H]2NC(=S)NC(=O)[C@H]2C#N)c1. The summed E-state index contributed by atoms with van der Waals surface area (Å²) in [5, 5.41) is 14.7. The molecule has 5 nitrogen and oxygen atoms in total. The van der Waals surface area contributed by atoms with Crippen molar-refractivity contribution in [1.29, 1.82) is 5.26 Å². The first-order chi connectivity index (χ1) is 8.65.